The van der Waals surface area contributed by atoms with Crippen molar-refractivity contribution >= 4 is 11.6 Å². The third-order valence-electron chi connectivity index (χ3n) is 2.61. The van der Waals surface area contributed by atoms with Crippen LogP contribution in [0.15, 0.2) is 24.3 Å². The minimum atomic E-state index is -0.450. The molecular formula is C12H15NO3. The molecule has 0 spiro atoms. The normalized spacial score (nSPS) is 19.2. The number of amides is 1. The van der Waals surface area contributed by atoms with Crippen LogP contribution in [0.4, 0.5) is 5.69 Å². The molecule has 1 heterocycles. The number of benzene rings is 1. The van der Waals surface area contributed by atoms with Crippen LogP contribution in [-0.4, -0.2) is 30.3 Å². The van der Waals surface area contributed by atoms with Gasteiger partial charge in [0.15, 0.2) is 6.10 Å². The van der Waals surface area contributed by atoms with Crippen molar-refractivity contribution in [3.8, 4) is 5.75 Å². The Morgan fingerprint density at radius 1 is 1.44 bits per heavy atom. The van der Waals surface area contributed by atoms with Crippen molar-refractivity contribution in [1.82, 2.24) is 0 Å². The van der Waals surface area contributed by atoms with Gasteiger partial charge < -0.3 is 14.7 Å². The molecule has 1 aliphatic rings. The van der Waals surface area contributed by atoms with Gasteiger partial charge in [-0.15, -0.1) is 0 Å². The van der Waals surface area contributed by atoms with E-state index in [0.717, 1.165) is 11.4 Å². The van der Waals surface area contributed by atoms with Gasteiger partial charge in [-0.3, -0.25) is 4.79 Å². The summed E-state index contributed by atoms with van der Waals surface area (Å²) in [6.45, 7) is 2.35. The predicted molar refractivity (Wildman–Crippen MR) is 60.6 cm³/mol. The van der Waals surface area contributed by atoms with Gasteiger partial charge in [0.05, 0.1) is 5.69 Å². The summed E-state index contributed by atoms with van der Waals surface area (Å²) in [5, 5.41) is 8.83. The monoisotopic (exact) mass is 221 g/mol. The molecule has 0 aliphatic carbocycles. The van der Waals surface area contributed by atoms with E-state index in [0.29, 0.717) is 13.0 Å². The van der Waals surface area contributed by atoms with Crippen LogP contribution >= 0.6 is 0 Å². The van der Waals surface area contributed by atoms with E-state index in [2.05, 4.69) is 0 Å². The van der Waals surface area contributed by atoms with Gasteiger partial charge in [-0.25, -0.2) is 0 Å². The topological polar surface area (TPSA) is 49.8 Å². The van der Waals surface area contributed by atoms with Crippen LogP contribution in [-0.2, 0) is 4.79 Å². The molecule has 1 atom stereocenters. The van der Waals surface area contributed by atoms with E-state index in [1.165, 1.54) is 0 Å². The minimum Gasteiger partial charge on any atom is -0.479 e. The number of hydrogen-bond acceptors (Lipinski definition) is 3. The smallest absolute Gasteiger partial charge is 0.267 e. The van der Waals surface area contributed by atoms with Crippen LogP contribution < -0.4 is 9.64 Å². The summed E-state index contributed by atoms with van der Waals surface area (Å²) < 4.78 is 5.50. The Kier molecular flexibility index (Phi) is 3.10. The van der Waals surface area contributed by atoms with Crippen LogP contribution in [0.1, 0.15) is 13.3 Å². The first-order valence-electron chi connectivity index (χ1n) is 5.42. The number of rotatable bonds is 3. The number of aliphatic hydroxyl groups is 1. The molecule has 4 heteroatoms. The Morgan fingerprint density at radius 3 is 2.94 bits per heavy atom. The van der Waals surface area contributed by atoms with E-state index < -0.39 is 6.10 Å². The van der Waals surface area contributed by atoms with Crippen molar-refractivity contribution in [1.29, 1.82) is 0 Å². The maximum Gasteiger partial charge on any atom is 0.267 e. The SMILES string of the molecule is CC1Oc2ccccc2N(CCCO)C1=O. The van der Waals surface area contributed by atoms with Crippen LogP contribution in [0.3, 0.4) is 0 Å². The highest BCUT2D eigenvalue weighted by Crippen LogP contribution is 2.33. The van der Waals surface area contributed by atoms with E-state index >= 15 is 0 Å². The highest BCUT2D eigenvalue weighted by molar-refractivity contribution is 5.99. The van der Waals surface area contributed by atoms with Crippen molar-refractivity contribution in [2.45, 2.75) is 19.4 Å². The highest BCUT2D eigenvalue weighted by atomic mass is 16.5. The number of hydrogen-bond donors (Lipinski definition) is 1. The summed E-state index contributed by atoms with van der Waals surface area (Å²) in [6, 6.07) is 7.46. The lowest BCUT2D eigenvalue weighted by Gasteiger charge is -2.32. The molecule has 4 nitrogen and oxygen atoms in total. The van der Waals surface area contributed by atoms with Crippen molar-refractivity contribution < 1.29 is 14.6 Å². The van der Waals surface area contributed by atoms with E-state index in [4.69, 9.17) is 9.84 Å². The number of carbonyl (C=O) groups excluding carboxylic acids is 1. The van der Waals surface area contributed by atoms with Gasteiger partial charge in [0.2, 0.25) is 0 Å². The Hall–Kier alpha value is -1.55. The zero-order valence-corrected chi connectivity index (χ0v) is 9.22. The maximum absolute atomic E-state index is 11.9. The number of nitrogens with zero attached hydrogens (tertiary/aromatic N) is 1. The first-order valence-corrected chi connectivity index (χ1v) is 5.42. The molecule has 0 saturated heterocycles. The summed E-state index contributed by atoms with van der Waals surface area (Å²) in [6.07, 6.45) is 0.126. The molecule has 1 unspecified atom stereocenters. The molecule has 1 aromatic carbocycles. The fraction of sp³-hybridized carbons (Fsp3) is 0.417. The molecule has 1 N–H and O–H groups in total. The van der Waals surface area contributed by atoms with Gasteiger partial charge in [-0.1, -0.05) is 12.1 Å². The summed E-state index contributed by atoms with van der Waals surface area (Å²) in [4.78, 5) is 13.6. The molecule has 0 aromatic heterocycles. The largest absolute Gasteiger partial charge is 0.479 e. The number of para-hydroxylation sites is 2. The quantitative estimate of drug-likeness (QED) is 0.834. The van der Waals surface area contributed by atoms with Crippen molar-refractivity contribution in [2.75, 3.05) is 18.1 Å². The second-order valence-electron chi connectivity index (χ2n) is 3.79. The van der Waals surface area contributed by atoms with E-state index in [-0.39, 0.29) is 12.5 Å². The Balaban J connectivity index is 2.30. The number of anilines is 1. The Bertz CT molecular complexity index is 392. The fourth-order valence-corrected chi connectivity index (χ4v) is 1.82. The lowest BCUT2D eigenvalue weighted by Crippen LogP contribution is -2.45. The van der Waals surface area contributed by atoms with E-state index in [1.807, 2.05) is 24.3 Å². The molecular weight excluding hydrogens is 206 g/mol. The third kappa shape index (κ3) is 1.88. The van der Waals surface area contributed by atoms with Gasteiger partial charge in [0.1, 0.15) is 5.75 Å². The number of fused-ring (bicyclic) bond motifs is 1. The lowest BCUT2D eigenvalue weighted by atomic mass is 10.2. The molecule has 1 amide bonds. The minimum absolute atomic E-state index is 0.0489. The Morgan fingerprint density at radius 2 is 2.19 bits per heavy atom. The molecule has 1 aliphatic heterocycles. The highest BCUT2D eigenvalue weighted by Gasteiger charge is 2.30. The number of aliphatic hydroxyl groups excluding tert-OH is 1. The molecule has 2 rings (SSSR count). The standard InChI is InChI=1S/C12H15NO3/c1-9-12(15)13(7-4-8-14)10-5-2-3-6-11(10)16-9/h2-3,5-6,9,14H,4,7-8H2,1H3. The van der Waals surface area contributed by atoms with Crippen LogP contribution in [0.5, 0.6) is 5.75 Å². The van der Waals surface area contributed by atoms with Gasteiger partial charge in [-0.05, 0) is 25.5 Å². The molecule has 16 heavy (non-hydrogen) atoms. The van der Waals surface area contributed by atoms with Gasteiger partial charge >= 0.3 is 0 Å². The third-order valence-corrected chi connectivity index (χ3v) is 2.61. The van der Waals surface area contributed by atoms with Crippen molar-refractivity contribution in [3.05, 3.63) is 24.3 Å². The molecule has 0 fully saturated rings. The van der Waals surface area contributed by atoms with Crippen LogP contribution in [0.2, 0.25) is 0 Å². The second-order valence-corrected chi connectivity index (χ2v) is 3.79. The molecule has 0 radical (unpaired) electrons. The zero-order valence-electron chi connectivity index (χ0n) is 9.22. The average molecular weight is 221 g/mol. The average Bonchev–Trinajstić information content (AvgIpc) is 2.30. The summed E-state index contributed by atoms with van der Waals surface area (Å²) in [7, 11) is 0. The molecule has 0 saturated carbocycles. The molecule has 86 valence electrons. The summed E-state index contributed by atoms with van der Waals surface area (Å²) in [5.41, 5.74) is 0.791. The van der Waals surface area contributed by atoms with Gasteiger partial charge in [0, 0.05) is 13.2 Å². The second kappa shape index (κ2) is 4.53. The van der Waals surface area contributed by atoms with E-state index in [9.17, 15) is 4.79 Å². The molecule has 0 bridgehead atoms. The maximum atomic E-state index is 11.9. The van der Waals surface area contributed by atoms with Gasteiger partial charge in [0.25, 0.3) is 5.91 Å². The first-order chi connectivity index (χ1) is 7.74. The summed E-state index contributed by atoms with van der Waals surface area (Å²) >= 11 is 0. The number of ether oxygens (including phenoxy) is 1. The number of carbonyl (C=O) groups is 1. The van der Waals surface area contributed by atoms with Crippen LogP contribution in [0.25, 0.3) is 0 Å². The van der Waals surface area contributed by atoms with E-state index in [1.54, 1.807) is 11.8 Å². The predicted octanol–water partition coefficient (Wildman–Crippen LogP) is 1.18. The first kappa shape index (κ1) is 11.0. The molecule has 1 aromatic rings. The fourth-order valence-electron chi connectivity index (χ4n) is 1.82. The van der Waals surface area contributed by atoms with Crippen molar-refractivity contribution in [2.24, 2.45) is 0 Å². The van der Waals surface area contributed by atoms with Gasteiger partial charge in [-0.2, -0.15) is 0 Å². The summed E-state index contributed by atoms with van der Waals surface area (Å²) in [5.74, 6) is 0.680. The lowest BCUT2D eigenvalue weighted by molar-refractivity contribution is -0.125. The zero-order chi connectivity index (χ0) is 11.5. The Labute approximate surface area is 94.4 Å². The van der Waals surface area contributed by atoms with Crippen LogP contribution in [0, 0.1) is 0 Å². The van der Waals surface area contributed by atoms with Crippen molar-refractivity contribution in [3.63, 3.8) is 0 Å².